The highest BCUT2D eigenvalue weighted by Crippen LogP contribution is 2.35. The van der Waals surface area contributed by atoms with Crippen molar-refractivity contribution in [2.45, 2.75) is 96.6 Å². The Labute approximate surface area is 245 Å². The van der Waals surface area contributed by atoms with Crippen LogP contribution in [-0.2, 0) is 11.2 Å². The van der Waals surface area contributed by atoms with Crippen LogP contribution in [0.5, 0.6) is 0 Å². The number of nitrogens with one attached hydrogen (secondary N) is 3. The Bertz CT molecular complexity index is 1260. The predicted molar refractivity (Wildman–Crippen MR) is 165 cm³/mol. The standard InChI is InChI=1S/C34H45N5O2/c1-23(2)27-17-13-18-28(24(3)4)31(27)38-33(41)39-34(5,22-26-16-9-11-20-35-26)32(40)37-30(25-14-7-6-8-15-25)29-19-10-12-21-36-29/h9-13,16-21,23-25,30H,6-8,14-15,22H2,1-5H3,(H,37,40)(H2,38,39,41). The number of carbonyl (C=O) groups is 2. The molecule has 3 N–H and O–H groups in total. The molecule has 2 unspecified atom stereocenters. The molecule has 4 rings (SSSR count). The van der Waals surface area contributed by atoms with Gasteiger partial charge >= 0.3 is 6.03 Å². The number of aromatic nitrogens is 2. The number of para-hydroxylation sites is 1. The Morgan fingerprint density at radius 2 is 1.49 bits per heavy atom. The van der Waals surface area contributed by atoms with Crippen LogP contribution in [0.3, 0.4) is 0 Å². The van der Waals surface area contributed by atoms with Gasteiger partial charge in [0.05, 0.1) is 11.7 Å². The van der Waals surface area contributed by atoms with Crippen molar-refractivity contribution in [1.29, 1.82) is 0 Å². The molecule has 41 heavy (non-hydrogen) atoms. The molecule has 3 amide bonds. The second-order valence-electron chi connectivity index (χ2n) is 12.1. The molecule has 3 aromatic rings. The summed E-state index contributed by atoms with van der Waals surface area (Å²) in [7, 11) is 0. The Balaban J connectivity index is 1.64. The lowest BCUT2D eigenvalue weighted by Gasteiger charge is -2.35. The van der Waals surface area contributed by atoms with Gasteiger partial charge in [-0.1, -0.05) is 77.3 Å². The third-order valence-electron chi connectivity index (χ3n) is 8.18. The Hall–Kier alpha value is -3.74. The van der Waals surface area contributed by atoms with Gasteiger partial charge in [0.15, 0.2) is 0 Å². The number of urea groups is 1. The smallest absolute Gasteiger partial charge is 0.320 e. The van der Waals surface area contributed by atoms with Gasteiger partial charge in [-0.05, 0) is 72.9 Å². The van der Waals surface area contributed by atoms with Crippen molar-refractivity contribution < 1.29 is 9.59 Å². The largest absolute Gasteiger partial charge is 0.345 e. The molecule has 1 aliphatic carbocycles. The van der Waals surface area contributed by atoms with Crippen molar-refractivity contribution in [2.75, 3.05) is 5.32 Å². The van der Waals surface area contributed by atoms with Crippen molar-refractivity contribution in [3.63, 3.8) is 0 Å². The fourth-order valence-corrected chi connectivity index (χ4v) is 5.90. The van der Waals surface area contributed by atoms with Gasteiger partial charge in [-0.25, -0.2) is 4.79 Å². The molecule has 0 aliphatic heterocycles. The van der Waals surface area contributed by atoms with Crippen LogP contribution in [-0.4, -0.2) is 27.4 Å². The molecule has 1 aromatic carbocycles. The summed E-state index contributed by atoms with van der Waals surface area (Å²) < 4.78 is 0. The van der Waals surface area contributed by atoms with E-state index in [4.69, 9.17) is 0 Å². The lowest BCUT2D eigenvalue weighted by molar-refractivity contribution is -0.128. The van der Waals surface area contributed by atoms with E-state index in [0.29, 0.717) is 5.92 Å². The minimum Gasteiger partial charge on any atom is -0.345 e. The number of benzene rings is 1. The molecule has 0 bridgehead atoms. The fraction of sp³-hybridized carbons (Fsp3) is 0.471. The third-order valence-corrected chi connectivity index (χ3v) is 8.18. The van der Waals surface area contributed by atoms with E-state index in [1.54, 1.807) is 19.3 Å². The molecule has 2 aromatic heterocycles. The fourth-order valence-electron chi connectivity index (χ4n) is 5.90. The molecule has 218 valence electrons. The lowest BCUT2D eigenvalue weighted by Crippen LogP contribution is -2.60. The maximum atomic E-state index is 14.2. The summed E-state index contributed by atoms with van der Waals surface area (Å²) in [6, 6.07) is 16.9. The summed E-state index contributed by atoms with van der Waals surface area (Å²) in [6.07, 6.45) is 9.30. The van der Waals surface area contributed by atoms with Gasteiger partial charge in [0.1, 0.15) is 5.54 Å². The number of rotatable bonds is 10. The highest BCUT2D eigenvalue weighted by Gasteiger charge is 2.39. The van der Waals surface area contributed by atoms with Crippen molar-refractivity contribution in [2.24, 2.45) is 5.92 Å². The van der Waals surface area contributed by atoms with Gasteiger partial charge < -0.3 is 16.0 Å². The van der Waals surface area contributed by atoms with Crippen molar-refractivity contribution in [3.8, 4) is 0 Å². The molecule has 1 aliphatic rings. The molecule has 1 saturated carbocycles. The lowest BCUT2D eigenvalue weighted by atomic mass is 9.82. The number of amides is 3. The summed E-state index contributed by atoms with van der Waals surface area (Å²) in [5, 5.41) is 9.50. The Kier molecular flexibility index (Phi) is 10.1. The zero-order valence-corrected chi connectivity index (χ0v) is 25.1. The summed E-state index contributed by atoms with van der Waals surface area (Å²) in [5.74, 6) is 0.492. The second kappa shape index (κ2) is 13.7. The molecule has 7 heteroatoms. The molecule has 2 heterocycles. The zero-order valence-electron chi connectivity index (χ0n) is 25.1. The molecule has 7 nitrogen and oxygen atoms in total. The van der Waals surface area contributed by atoms with Crippen molar-refractivity contribution in [3.05, 3.63) is 89.5 Å². The quantitative estimate of drug-likeness (QED) is 0.245. The first kappa shape index (κ1) is 30.2. The van der Waals surface area contributed by atoms with Crippen LogP contribution < -0.4 is 16.0 Å². The van der Waals surface area contributed by atoms with Crippen LogP contribution in [0.15, 0.2) is 67.0 Å². The number of hydrogen-bond donors (Lipinski definition) is 3. The summed E-state index contributed by atoms with van der Waals surface area (Å²) in [5.41, 5.74) is 3.26. The van der Waals surface area contributed by atoms with Gasteiger partial charge in [-0.15, -0.1) is 0 Å². The number of nitrogens with zero attached hydrogens (tertiary/aromatic N) is 2. The minimum atomic E-state index is -1.26. The topological polar surface area (TPSA) is 96.0 Å². The first-order valence-corrected chi connectivity index (χ1v) is 15.0. The summed E-state index contributed by atoms with van der Waals surface area (Å²) in [4.78, 5) is 37.0. The molecule has 0 spiro atoms. The average Bonchev–Trinajstić information content (AvgIpc) is 2.97. The maximum absolute atomic E-state index is 14.2. The van der Waals surface area contributed by atoms with E-state index in [-0.39, 0.29) is 30.2 Å². The van der Waals surface area contributed by atoms with Crippen LogP contribution in [0.25, 0.3) is 0 Å². The second-order valence-corrected chi connectivity index (χ2v) is 12.1. The number of hydrogen-bond acceptors (Lipinski definition) is 4. The van der Waals surface area contributed by atoms with Crippen LogP contribution in [0.1, 0.15) is 107 Å². The van der Waals surface area contributed by atoms with Crippen LogP contribution in [0.2, 0.25) is 0 Å². The van der Waals surface area contributed by atoms with Crippen LogP contribution in [0, 0.1) is 5.92 Å². The first-order valence-electron chi connectivity index (χ1n) is 15.0. The van der Waals surface area contributed by atoms with Crippen LogP contribution >= 0.6 is 0 Å². The van der Waals surface area contributed by atoms with Crippen LogP contribution in [0.4, 0.5) is 10.5 Å². The summed E-state index contributed by atoms with van der Waals surface area (Å²) in [6.45, 7) is 10.2. The minimum absolute atomic E-state index is 0.224. The van der Waals surface area contributed by atoms with E-state index in [0.717, 1.165) is 53.9 Å². The van der Waals surface area contributed by atoms with E-state index in [1.807, 2.05) is 54.6 Å². The molecule has 2 atom stereocenters. The highest BCUT2D eigenvalue weighted by atomic mass is 16.2. The van der Waals surface area contributed by atoms with Gasteiger partial charge in [-0.3, -0.25) is 14.8 Å². The summed E-state index contributed by atoms with van der Waals surface area (Å²) >= 11 is 0. The normalized spacial score (nSPS) is 16.2. The van der Waals surface area contributed by atoms with Gasteiger partial charge in [0, 0.05) is 30.2 Å². The molecular formula is C34H45N5O2. The Morgan fingerprint density at radius 1 is 0.854 bits per heavy atom. The van der Waals surface area contributed by atoms with E-state index < -0.39 is 11.6 Å². The highest BCUT2D eigenvalue weighted by molar-refractivity contribution is 5.97. The number of pyridine rings is 2. The number of anilines is 1. The predicted octanol–water partition coefficient (Wildman–Crippen LogP) is 7.28. The number of carbonyl (C=O) groups excluding carboxylic acids is 2. The maximum Gasteiger partial charge on any atom is 0.320 e. The average molecular weight is 556 g/mol. The molecular weight excluding hydrogens is 510 g/mol. The molecule has 1 fully saturated rings. The third kappa shape index (κ3) is 7.72. The van der Waals surface area contributed by atoms with Gasteiger partial charge in [-0.2, -0.15) is 0 Å². The molecule has 0 radical (unpaired) electrons. The SMILES string of the molecule is CC(C)c1cccc(C(C)C)c1NC(=O)NC(C)(Cc1ccccn1)C(=O)NC(c1ccccn1)C1CCCCC1. The van der Waals surface area contributed by atoms with E-state index in [1.165, 1.54) is 6.42 Å². The van der Waals surface area contributed by atoms with E-state index >= 15 is 0 Å². The van der Waals surface area contributed by atoms with Crippen molar-refractivity contribution >= 4 is 17.6 Å². The zero-order chi connectivity index (χ0) is 29.4. The van der Waals surface area contributed by atoms with Gasteiger partial charge in [0.25, 0.3) is 0 Å². The monoisotopic (exact) mass is 555 g/mol. The Morgan fingerprint density at radius 3 is 2.05 bits per heavy atom. The van der Waals surface area contributed by atoms with E-state index in [2.05, 4.69) is 53.6 Å². The van der Waals surface area contributed by atoms with Crippen molar-refractivity contribution in [1.82, 2.24) is 20.6 Å². The van der Waals surface area contributed by atoms with Gasteiger partial charge in [0.2, 0.25) is 5.91 Å². The van der Waals surface area contributed by atoms with E-state index in [9.17, 15) is 9.59 Å². The first-order chi connectivity index (χ1) is 19.7. The molecule has 0 saturated heterocycles.